The van der Waals surface area contributed by atoms with E-state index >= 15 is 0 Å². The lowest BCUT2D eigenvalue weighted by Gasteiger charge is -2.40. The van der Waals surface area contributed by atoms with E-state index in [2.05, 4.69) is 37.2 Å². The number of amides is 1. The summed E-state index contributed by atoms with van der Waals surface area (Å²) in [6, 6.07) is 2.21. The van der Waals surface area contributed by atoms with Crippen molar-refractivity contribution in [1.82, 2.24) is 30.0 Å². The second-order valence-electron chi connectivity index (χ2n) is 7.05. The predicted molar refractivity (Wildman–Crippen MR) is 92.2 cm³/mol. The van der Waals surface area contributed by atoms with Crippen molar-refractivity contribution < 1.29 is 4.79 Å². The highest BCUT2D eigenvalue weighted by Crippen LogP contribution is 2.26. The number of hydrogen-bond acceptors (Lipinski definition) is 6. The molecule has 0 spiro atoms. The molecule has 2 atom stereocenters. The van der Waals surface area contributed by atoms with E-state index in [1.807, 2.05) is 6.07 Å². The van der Waals surface area contributed by atoms with Crippen molar-refractivity contribution in [1.29, 1.82) is 0 Å². The highest BCUT2D eigenvalue weighted by Gasteiger charge is 2.35. The van der Waals surface area contributed by atoms with Gasteiger partial charge in [0, 0.05) is 25.2 Å². The van der Waals surface area contributed by atoms with Crippen LogP contribution in [0.25, 0.3) is 5.82 Å². The molecule has 1 N–H and O–H groups in total. The van der Waals surface area contributed by atoms with Crippen molar-refractivity contribution in [2.24, 2.45) is 11.8 Å². The zero-order valence-electron chi connectivity index (χ0n) is 14.4. The summed E-state index contributed by atoms with van der Waals surface area (Å²) in [5, 5.41) is 7.33. The molecule has 132 valence electrons. The molecule has 25 heavy (non-hydrogen) atoms. The zero-order chi connectivity index (χ0) is 17.2. The van der Waals surface area contributed by atoms with Crippen LogP contribution in [0.1, 0.15) is 32.6 Å². The fourth-order valence-corrected chi connectivity index (χ4v) is 3.62. The molecule has 8 heteroatoms. The molecule has 2 fully saturated rings. The molecular formula is C17H23N7O. The monoisotopic (exact) mass is 341 g/mol. The lowest BCUT2D eigenvalue weighted by atomic mass is 9.85. The van der Waals surface area contributed by atoms with E-state index in [9.17, 15) is 4.79 Å². The van der Waals surface area contributed by atoms with Crippen LogP contribution in [-0.4, -0.2) is 49.8 Å². The van der Waals surface area contributed by atoms with Crippen LogP contribution >= 0.6 is 0 Å². The average molecular weight is 341 g/mol. The molecule has 1 aliphatic carbocycles. The van der Waals surface area contributed by atoms with Crippen LogP contribution in [0.2, 0.25) is 0 Å². The Hall–Kier alpha value is -2.51. The Morgan fingerprint density at radius 3 is 2.72 bits per heavy atom. The van der Waals surface area contributed by atoms with Gasteiger partial charge >= 0.3 is 0 Å². The Balaban J connectivity index is 1.34. The Kier molecular flexibility index (Phi) is 4.33. The van der Waals surface area contributed by atoms with Crippen LogP contribution in [0.4, 0.5) is 5.82 Å². The average Bonchev–Trinajstić information content (AvgIpc) is 3.10. The summed E-state index contributed by atoms with van der Waals surface area (Å²) in [6.07, 6.45) is 9.42. The molecule has 2 aromatic heterocycles. The number of anilines is 1. The van der Waals surface area contributed by atoms with Crippen LogP contribution in [0.15, 0.2) is 25.0 Å². The third-order valence-corrected chi connectivity index (χ3v) is 5.31. The van der Waals surface area contributed by atoms with Gasteiger partial charge in [-0.2, -0.15) is 5.10 Å². The molecule has 1 saturated heterocycles. The summed E-state index contributed by atoms with van der Waals surface area (Å²) in [5.74, 6) is 2.29. The molecule has 2 aliphatic rings. The van der Waals surface area contributed by atoms with Crippen molar-refractivity contribution in [3.8, 4) is 5.82 Å². The van der Waals surface area contributed by atoms with Crippen LogP contribution < -0.4 is 10.2 Å². The lowest BCUT2D eigenvalue weighted by Crippen LogP contribution is -2.56. The summed E-state index contributed by atoms with van der Waals surface area (Å²) in [4.78, 5) is 27.0. The van der Waals surface area contributed by atoms with E-state index in [-0.39, 0.29) is 11.8 Å². The Morgan fingerprint density at radius 2 is 1.96 bits per heavy atom. The van der Waals surface area contributed by atoms with E-state index in [1.165, 1.54) is 31.9 Å². The molecular weight excluding hydrogens is 318 g/mol. The molecule has 3 heterocycles. The second kappa shape index (κ2) is 6.78. The van der Waals surface area contributed by atoms with E-state index in [0.717, 1.165) is 12.2 Å². The maximum Gasteiger partial charge on any atom is 0.226 e. The molecule has 0 unspecified atom stereocenters. The predicted octanol–water partition coefficient (Wildman–Crippen LogP) is 1.19. The number of rotatable bonds is 4. The standard InChI is InChI=1S/C17H23N7O/c1-12-4-2-3-5-14(12)22-17(25)13-7-23(8-13)15-6-16(20-10-19-15)24-11-18-9-21-24/h6,9-14H,2-5,7-8H2,1H3,(H,22,25)/t12-,14+/m0/s1. The van der Waals surface area contributed by atoms with E-state index < -0.39 is 0 Å². The van der Waals surface area contributed by atoms with E-state index in [0.29, 0.717) is 30.9 Å². The van der Waals surface area contributed by atoms with Gasteiger partial charge in [0.15, 0.2) is 5.82 Å². The van der Waals surface area contributed by atoms with E-state index in [1.54, 1.807) is 11.0 Å². The summed E-state index contributed by atoms with van der Waals surface area (Å²) in [5.41, 5.74) is 0. The minimum atomic E-state index is 0.0407. The van der Waals surface area contributed by atoms with Gasteiger partial charge < -0.3 is 10.2 Å². The fourth-order valence-electron chi connectivity index (χ4n) is 3.62. The van der Waals surface area contributed by atoms with Gasteiger partial charge in [0.25, 0.3) is 0 Å². The van der Waals surface area contributed by atoms with Crippen LogP contribution in [0.3, 0.4) is 0 Å². The van der Waals surface area contributed by atoms with Gasteiger partial charge in [-0.1, -0.05) is 19.8 Å². The zero-order valence-corrected chi connectivity index (χ0v) is 14.4. The first-order valence-electron chi connectivity index (χ1n) is 8.93. The number of carbonyl (C=O) groups is 1. The molecule has 8 nitrogen and oxygen atoms in total. The topological polar surface area (TPSA) is 88.8 Å². The quantitative estimate of drug-likeness (QED) is 0.898. The minimum Gasteiger partial charge on any atom is -0.355 e. The molecule has 1 aliphatic heterocycles. The number of carbonyl (C=O) groups excluding carboxylic acids is 1. The summed E-state index contributed by atoms with van der Waals surface area (Å²) in [6.45, 7) is 3.63. The molecule has 2 aromatic rings. The SMILES string of the molecule is C[C@H]1CCCC[C@H]1NC(=O)C1CN(c2cc(-n3cncn3)ncn2)C1. The first-order valence-corrected chi connectivity index (χ1v) is 8.93. The van der Waals surface area contributed by atoms with Gasteiger partial charge in [-0.15, -0.1) is 0 Å². The van der Waals surface area contributed by atoms with Crippen LogP contribution in [-0.2, 0) is 4.79 Å². The first kappa shape index (κ1) is 16.0. The normalized spacial score (nSPS) is 24.0. The van der Waals surface area contributed by atoms with Gasteiger partial charge in [-0.05, 0) is 18.8 Å². The molecule has 1 amide bonds. The van der Waals surface area contributed by atoms with Crippen LogP contribution in [0, 0.1) is 11.8 Å². The van der Waals surface area contributed by atoms with Crippen molar-refractivity contribution >= 4 is 11.7 Å². The van der Waals surface area contributed by atoms with Gasteiger partial charge in [-0.3, -0.25) is 4.79 Å². The maximum atomic E-state index is 12.5. The van der Waals surface area contributed by atoms with Gasteiger partial charge in [0.1, 0.15) is 24.8 Å². The maximum absolute atomic E-state index is 12.5. The lowest BCUT2D eigenvalue weighted by molar-refractivity contribution is -0.127. The van der Waals surface area contributed by atoms with Crippen molar-refractivity contribution in [3.63, 3.8) is 0 Å². The van der Waals surface area contributed by atoms with Crippen molar-refractivity contribution in [3.05, 3.63) is 25.0 Å². The molecule has 4 rings (SSSR count). The largest absolute Gasteiger partial charge is 0.355 e. The number of aromatic nitrogens is 5. The molecule has 0 bridgehead atoms. The smallest absolute Gasteiger partial charge is 0.226 e. The number of nitrogens with one attached hydrogen (secondary N) is 1. The van der Waals surface area contributed by atoms with Crippen molar-refractivity contribution in [2.75, 3.05) is 18.0 Å². The Morgan fingerprint density at radius 1 is 1.16 bits per heavy atom. The molecule has 1 saturated carbocycles. The third-order valence-electron chi connectivity index (χ3n) is 5.31. The summed E-state index contributed by atoms with van der Waals surface area (Å²) >= 11 is 0. The fraction of sp³-hybridized carbons (Fsp3) is 0.588. The van der Waals surface area contributed by atoms with Gasteiger partial charge in [0.2, 0.25) is 5.91 Å². The minimum absolute atomic E-state index is 0.0407. The summed E-state index contributed by atoms with van der Waals surface area (Å²) in [7, 11) is 0. The second-order valence-corrected chi connectivity index (χ2v) is 7.05. The number of nitrogens with zero attached hydrogens (tertiary/aromatic N) is 6. The van der Waals surface area contributed by atoms with Crippen molar-refractivity contribution in [2.45, 2.75) is 38.6 Å². The highest BCUT2D eigenvalue weighted by atomic mass is 16.2. The number of hydrogen-bond donors (Lipinski definition) is 1. The van der Waals surface area contributed by atoms with Gasteiger partial charge in [-0.25, -0.2) is 19.6 Å². The molecule has 0 aromatic carbocycles. The molecule has 0 radical (unpaired) electrons. The highest BCUT2D eigenvalue weighted by molar-refractivity contribution is 5.82. The first-order chi connectivity index (χ1) is 12.2. The third kappa shape index (κ3) is 3.33. The Labute approximate surface area is 146 Å². The Bertz CT molecular complexity index is 726. The van der Waals surface area contributed by atoms with Gasteiger partial charge in [0.05, 0.1) is 5.92 Å². The summed E-state index contributed by atoms with van der Waals surface area (Å²) < 4.78 is 1.60. The van der Waals surface area contributed by atoms with E-state index in [4.69, 9.17) is 0 Å². The van der Waals surface area contributed by atoms with Crippen LogP contribution in [0.5, 0.6) is 0 Å².